The van der Waals surface area contributed by atoms with Crippen LogP contribution < -0.4 is 11.1 Å². The quantitative estimate of drug-likeness (QED) is 0.880. The molecular weight excluding hydrogens is 268 g/mol. The standard InChI is InChI=1S/C15H26N4O2/c1-15(2,3)12-7-14(21-18-12)17-13(20)10-19-6-4-5-11(8-16)9-19/h7,11H,4-6,8-10,16H2,1-3H3,(H,17,20). The van der Waals surface area contributed by atoms with Crippen molar-refractivity contribution in [3.05, 3.63) is 11.8 Å². The minimum Gasteiger partial charge on any atom is -0.338 e. The zero-order chi connectivity index (χ0) is 15.5. The lowest BCUT2D eigenvalue weighted by molar-refractivity contribution is -0.117. The first kappa shape index (κ1) is 16.0. The Balaban J connectivity index is 1.85. The molecule has 0 aliphatic carbocycles. The third-order valence-electron chi connectivity index (χ3n) is 3.84. The maximum absolute atomic E-state index is 12.1. The van der Waals surface area contributed by atoms with E-state index in [9.17, 15) is 4.79 Å². The van der Waals surface area contributed by atoms with Gasteiger partial charge in [0.25, 0.3) is 0 Å². The molecule has 2 rings (SSSR count). The Hall–Kier alpha value is -1.40. The number of anilines is 1. The molecule has 6 nitrogen and oxygen atoms in total. The van der Waals surface area contributed by atoms with Crippen molar-refractivity contribution in [2.45, 2.75) is 39.0 Å². The van der Waals surface area contributed by atoms with Crippen LogP contribution in [0.5, 0.6) is 0 Å². The van der Waals surface area contributed by atoms with Crippen molar-refractivity contribution < 1.29 is 9.32 Å². The summed E-state index contributed by atoms with van der Waals surface area (Å²) >= 11 is 0. The minimum atomic E-state index is -0.0896. The van der Waals surface area contributed by atoms with Gasteiger partial charge in [0.1, 0.15) is 0 Å². The summed E-state index contributed by atoms with van der Waals surface area (Å²) in [6, 6.07) is 1.79. The number of nitrogens with two attached hydrogens (primary N) is 1. The van der Waals surface area contributed by atoms with Gasteiger partial charge in [-0.1, -0.05) is 25.9 Å². The van der Waals surface area contributed by atoms with Crippen LogP contribution in [0.2, 0.25) is 0 Å². The highest BCUT2D eigenvalue weighted by Crippen LogP contribution is 2.23. The molecule has 3 N–H and O–H groups in total. The highest BCUT2D eigenvalue weighted by atomic mass is 16.5. The molecule has 0 saturated carbocycles. The number of hydrogen-bond acceptors (Lipinski definition) is 5. The van der Waals surface area contributed by atoms with Crippen molar-refractivity contribution in [1.82, 2.24) is 10.1 Å². The first-order chi connectivity index (χ1) is 9.88. The normalized spacial score (nSPS) is 20.5. The summed E-state index contributed by atoms with van der Waals surface area (Å²) in [5.41, 5.74) is 6.46. The van der Waals surface area contributed by atoms with Crippen molar-refractivity contribution in [3.8, 4) is 0 Å². The number of carbonyl (C=O) groups excluding carboxylic acids is 1. The summed E-state index contributed by atoms with van der Waals surface area (Å²) in [5.74, 6) is 0.853. The van der Waals surface area contributed by atoms with E-state index in [4.69, 9.17) is 10.3 Å². The average molecular weight is 294 g/mol. The smallest absolute Gasteiger partial charge is 0.240 e. The van der Waals surface area contributed by atoms with Crippen LogP contribution in [-0.4, -0.2) is 42.1 Å². The highest BCUT2D eigenvalue weighted by Gasteiger charge is 2.22. The number of nitrogens with zero attached hydrogens (tertiary/aromatic N) is 2. The van der Waals surface area contributed by atoms with Crippen LogP contribution in [0.4, 0.5) is 5.88 Å². The van der Waals surface area contributed by atoms with Gasteiger partial charge in [-0.25, -0.2) is 0 Å². The Morgan fingerprint density at radius 3 is 2.95 bits per heavy atom. The Kier molecular flexibility index (Phi) is 5.00. The van der Waals surface area contributed by atoms with Gasteiger partial charge in [-0.3, -0.25) is 15.0 Å². The topological polar surface area (TPSA) is 84.4 Å². The Bertz CT molecular complexity index is 478. The largest absolute Gasteiger partial charge is 0.338 e. The SMILES string of the molecule is CC(C)(C)c1cc(NC(=O)CN2CCCC(CN)C2)on1. The number of piperidine rings is 1. The van der Waals surface area contributed by atoms with Crippen LogP contribution in [0.1, 0.15) is 39.3 Å². The molecule has 0 radical (unpaired) electrons. The summed E-state index contributed by atoms with van der Waals surface area (Å²) in [6.07, 6.45) is 2.26. The fraction of sp³-hybridized carbons (Fsp3) is 0.733. The third-order valence-corrected chi connectivity index (χ3v) is 3.84. The monoisotopic (exact) mass is 294 g/mol. The molecule has 21 heavy (non-hydrogen) atoms. The molecule has 118 valence electrons. The van der Waals surface area contributed by atoms with E-state index in [1.807, 2.05) is 0 Å². The molecule has 1 aromatic heterocycles. The molecule has 1 aliphatic rings. The van der Waals surface area contributed by atoms with Crippen molar-refractivity contribution in [2.75, 3.05) is 31.5 Å². The molecule has 1 amide bonds. The molecule has 1 unspecified atom stereocenters. The molecule has 6 heteroatoms. The van der Waals surface area contributed by atoms with Crippen LogP contribution in [0.15, 0.2) is 10.6 Å². The van der Waals surface area contributed by atoms with Gasteiger partial charge in [0.05, 0.1) is 12.2 Å². The van der Waals surface area contributed by atoms with Gasteiger partial charge in [-0.2, -0.15) is 0 Å². The lowest BCUT2D eigenvalue weighted by Crippen LogP contribution is -2.42. The van der Waals surface area contributed by atoms with E-state index in [-0.39, 0.29) is 11.3 Å². The van der Waals surface area contributed by atoms with E-state index < -0.39 is 0 Å². The maximum Gasteiger partial charge on any atom is 0.240 e. The summed E-state index contributed by atoms with van der Waals surface area (Å²) in [4.78, 5) is 14.2. The van der Waals surface area contributed by atoms with Crippen molar-refractivity contribution in [3.63, 3.8) is 0 Å². The van der Waals surface area contributed by atoms with Crippen LogP contribution in [0.25, 0.3) is 0 Å². The lowest BCUT2D eigenvalue weighted by atomic mass is 9.92. The zero-order valence-corrected chi connectivity index (χ0v) is 13.2. The number of nitrogens with one attached hydrogen (secondary N) is 1. The molecule has 2 heterocycles. The number of rotatable bonds is 4. The fourth-order valence-electron chi connectivity index (χ4n) is 2.55. The summed E-state index contributed by atoms with van der Waals surface area (Å²) < 4.78 is 5.17. The van der Waals surface area contributed by atoms with Gasteiger partial charge in [-0.05, 0) is 31.8 Å². The molecule has 0 spiro atoms. The van der Waals surface area contributed by atoms with Gasteiger partial charge < -0.3 is 10.3 Å². The van der Waals surface area contributed by atoms with E-state index >= 15 is 0 Å². The Morgan fingerprint density at radius 2 is 2.33 bits per heavy atom. The van der Waals surface area contributed by atoms with Crippen LogP contribution in [-0.2, 0) is 10.2 Å². The summed E-state index contributed by atoms with van der Waals surface area (Å²) in [7, 11) is 0. The predicted octanol–water partition coefficient (Wildman–Crippen LogP) is 1.58. The number of carbonyl (C=O) groups is 1. The molecular formula is C15H26N4O2. The number of hydrogen-bond donors (Lipinski definition) is 2. The zero-order valence-electron chi connectivity index (χ0n) is 13.2. The van der Waals surface area contributed by atoms with Crippen molar-refractivity contribution >= 4 is 11.8 Å². The molecule has 1 saturated heterocycles. The van der Waals surface area contributed by atoms with Gasteiger partial charge >= 0.3 is 0 Å². The second-order valence-corrected chi connectivity index (χ2v) is 6.85. The van der Waals surface area contributed by atoms with Crippen molar-refractivity contribution in [2.24, 2.45) is 11.7 Å². The van der Waals surface area contributed by atoms with E-state index in [2.05, 4.69) is 36.1 Å². The molecule has 0 bridgehead atoms. The highest BCUT2D eigenvalue weighted by molar-refractivity contribution is 5.91. The molecule has 0 aromatic carbocycles. The number of aromatic nitrogens is 1. The number of likely N-dealkylation sites (tertiary alicyclic amines) is 1. The Labute approximate surface area is 126 Å². The Morgan fingerprint density at radius 1 is 1.57 bits per heavy atom. The fourth-order valence-corrected chi connectivity index (χ4v) is 2.55. The van der Waals surface area contributed by atoms with E-state index in [1.165, 1.54) is 0 Å². The average Bonchev–Trinajstić information content (AvgIpc) is 2.87. The lowest BCUT2D eigenvalue weighted by Gasteiger charge is -2.31. The second kappa shape index (κ2) is 6.58. The van der Waals surface area contributed by atoms with E-state index in [1.54, 1.807) is 6.07 Å². The molecule has 1 fully saturated rings. The first-order valence-corrected chi connectivity index (χ1v) is 7.58. The van der Waals surface area contributed by atoms with Gasteiger partial charge in [0, 0.05) is 18.0 Å². The van der Waals surface area contributed by atoms with Gasteiger partial charge in [0.15, 0.2) is 0 Å². The van der Waals surface area contributed by atoms with Crippen molar-refractivity contribution in [1.29, 1.82) is 0 Å². The molecule has 1 aromatic rings. The third kappa shape index (κ3) is 4.54. The maximum atomic E-state index is 12.1. The predicted molar refractivity (Wildman–Crippen MR) is 82.1 cm³/mol. The van der Waals surface area contributed by atoms with Gasteiger partial charge in [0.2, 0.25) is 11.8 Å². The van der Waals surface area contributed by atoms with E-state index in [0.29, 0.717) is 24.9 Å². The first-order valence-electron chi connectivity index (χ1n) is 7.58. The minimum absolute atomic E-state index is 0.0655. The molecule has 1 atom stereocenters. The van der Waals surface area contributed by atoms with E-state index in [0.717, 1.165) is 31.6 Å². The molecule has 1 aliphatic heterocycles. The van der Waals surface area contributed by atoms with Gasteiger partial charge in [-0.15, -0.1) is 0 Å². The number of amides is 1. The summed E-state index contributed by atoms with van der Waals surface area (Å²) in [6.45, 7) is 9.07. The second-order valence-electron chi connectivity index (χ2n) is 6.85. The summed E-state index contributed by atoms with van der Waals surface area (Å²) in [5, 5.41) is 6.77. The van der Waals surface area contributed by atoms with Crippen LogP contribution in [0, 0.1) is 5.92 Å². The van der Waals surface area contributed by atoms with Crippen LogP contribution in [0.3, 0.4) is 0 Å². The van der Waals surface area contributed by atoms with Crippen LogP contribution >= 0.6 is 0 Å².